The molecule has 1 amide bonds. The number of phenolic OH excluding ortho intramolecular Hbond substituents is 1. The van der Waals surface area contributed by atoms with Gasteiger partial charge >= 0.3 is 10.2 Å². The van der Waals surface area contributed by atoms with Gasteiger partial charge < -0.3 is 10.4 Å². The van der Waals surface area contributed by atoms with Gasteiger partial charge in [-0.25, -0.2) is 22.2 Å². The molecule has 1 atom stereocenters. The second-order valence-electron chi connectivity index (χ2n) is 5.66. The quantitative estimate of drug-likeness (QED) is 0.583. The molecule has 0 bridgehead atoms. The van der Waals surface area contributed by atoms with Gasteiger partial charge in [0, 0.05) is 36.7 Å². The molecule has 1 fully saturated rings. The van der Waals surface area contributed by atoms with Gasteiger partial charge in [0.05, 0.1) is 6.17 Å². The zero-order chi connectivity index (χ0) is 18.4. The van der Waals surface area contributed by atoms with E-state index in [2.05, 4.69) is 10.6 Å². The van der Waals surface area contributed by atoms with Gasteiger partial charge in [0.15, 0.2) is 5.82 Å². The summed E-state index contributed by atoms with van der Waals surface area (Å²) in [6.07, 6.45) is -3.30. The molecule has 3 rings (SSSR count). The molecule has 1 aromatic rings. The summed E-state index contributed by atoms with van der Waals surface area (Å²) in [6.45, 7) is -0.641. The van der Waals surface area contributed by atoms with E-state index in [1.54, 1.807) is 4.72 Å². The third-order valence-electron chi connectivity index (χ3n) is 3.88. The normalized spacial score (nSPS) is 21.4. The van der Waals surface area contributed by atoms with Crippen molar-refractivity contribution in [2.24, 2.45) is 0 Å². The fraction of sp³-hybridized carbons (Fsp3) is 0.462. The lowest BCUT2D eigenvalue weighted by Crippen LogP contribution is -2.35. The molecule has 0 unspecified atom stereocenters. The van der Waals surface area contributed by atoms with Crippen LogP contribution in [0.3, 0.4) is 0 Å². The molecule has 0 aliphatic carbocycles. The molecule has 0 aromatic heterocycles. The number of halogens is 3. The number of nitrogens with one attached hydrogen (secondary N) is 3. The number of amides is 1. The summed E-state index contributed by atoms with van der Waals surface area (Å²) in [4.78, 5) is 11.3. The first-order valence-electron chi connectivity index (χ1n) is 7.34. The van der Waals surface area contributed by atoms with Gasteiger partial charge in [-0.1, -0.05) is 0 Å². The molecular weight excluding hydrogens is 365 g/mol. The Balaban J connectivity index is 1.86. The summed E-state index contributed by atoms with van der Waals surface area (Å²) in [5.41, 5.74) is -0.298. The van der Waals surface area contributed by atoms with E-state index in [9.17, 15) is 31.5 Å². The van der Waals surface area contributed by atoms with Gasteiger partial charge in [-0.3, -0.25) is 10.1 Å². The third kappa shape index (κ3) is 3.31. The van der Waals surface area contributed by atoms with E-state index in [4.69, 9.17) is 0 Å². The minimum atomic E-state index is -4.27. The van der Waals surface area contributed by atoms with Gasteiger partial charge in [0.25, 0.3) is 5.91 Å². The molecule has 2 aliphatic heterocycles. The van der Waals surface area contributed by atoms with Gasteiger partial charge in [-0.2, -0.15) is 8.42 Å². The number of carbonyl (C=O) groups excluding carboxylic acids is 1. The maximum absolute atomic E-state index is 14.8. The zero-order valence-corrected chi connectivity index (χ0v) is 13.5. The van der Waals surface area contributed by atoms with Gasteiger partial charge in [0.1, 0.15) is 18.0 Å². The predicted molar refractivity (Wildman–Crippen MR) is 82.2 cm³/mol. The lowest BCUT2D eigenvalue weighted by Gasteiger charge is -2.18. The van der Waals surface area contributed by atoms with Crippen LogP contribution in [0, 0.1) is 5.82 Å². The Hall–Kier alpha value is -2.21. The highest BCUT2D eigenvalue weighted by atomic mass is 32.2. The summed E-state index contributed by atoms with van der Waals surface area (Å²) in [5.74, 6) is -2.48. The fourth-order valence-electron chi connectivity index (χ4n) is 2.81. The second kappa shape index (κ2) is 6.26. The molecule has 138 valence electrons. The van der Waals surface area contributed by atoms with Crippen molar-refractivity contribution in [2.45, 2.75) is 25.4 Å². The number of phenols is 1. The Morgan fingerprint density at radius 1 is 1.44 bits per heavy atom. The monoisotopic (exact) mass is 380 g/mol. The van der Waals surface area contributed by atoms with E-state index in [1.165, 1.54) is 0 Å². The Bertz CT molecular complexity index is 818. The first-order chi connectivity index (χ1) is 11.7. The standard InChI is InChI=1S/C13H15F3N4O4S/c14-9(15)1-2-17-10-3-6-7(18-10)4-8(21)13(12(6)16)20-5-11(22)19-25(20,23)24/h4,9-10,17-18,21H,1-3,5H2,(H,19,22)/t10-/m1/s1. The Morgan fingerprint density at radius 3 is 2.76 bits per heavy atom. The molecule has 12 heteroatoms. The highest BCUT2D eigenvalue weighted by Crippen LogP contribution is 2.41. The number of hydrogen-bond donors (Lipinski definition) is 4. The zero-order valence-electron chi connectivity index (χ0n) is 12.7. The first-order valence-corrected chi connectivity index (χ1v) is 8.78. The van der Waals surface area contributed by atoms with E-state index in [-0.39, 0.29) is 30.6 Å². The van der Waals surface area contributed by atoms with Crippen LogP contribution in [0.5, 0.6) is 5.75 Å². The smallest absolute Gasteiger partial charge is 0.326 e. The summed E-state index contributed by atoms with van der Waals surface area (Å²) >= 11 is 0. The molecular formula is C13H15F3N4O4S. The van der Waals surface area contributed by atoms with E-state index >= 15 is 0 Å². The molecule has 2 aliphatic rings. The molecule has 25 heavy (non-hydrogen) atoms. The van der Waals surface area contributed by atoms with Gasteiger partial charge in [-0.15, -0.1) is 0 Å². The van der Waals surface area contributed by atoms with Crippen molar-refractivity contribution in [1.29, 1.82) is 0 Å². The van der Waals surface area contributed by atoms with Crippen LogP contribution >= 0.6 is 0 Å². The highest BCUT2D eigenvalue weighted by Gasteiger charge is 2.39. The number of fused-ring (bicyclic) bond motifs is 1. The van der Waals surface area contributed by atoms with Crippen LogP contribution in [0.25, 0.3) is 0 Å². The highest BCUT2D eigenvalue weighted by molar-refractivity contribution is 7.92. The lowest BCUT2D eigenvalue weighted by atomic mass is 10.1. The van der Waals surface area contributed by atoms with Crippen molar-refractivity contribution in [3.8, 4) is 5.75 Å². The predicted octanol–water partition coefficient (Wildman–Crippen LogP) is 0.251. The van der Waals surface area contributed by atoms with E-state index in [0.29, 0.717) is 4.31 Å². The number of nitrogens with zero attached hydrogens (tertiary/aromatic N) is 1. The van der Waals surface area contributed by atoms with Crippen molar-refractivity contribution < 1.29 is 31.5 Å². The molecule has 4 N–H and O–H groups in total. The molecule has 0 spiro atoms. The van der Waals surface area contributed by atoms with Crippen LogP contribution in [0.15, 0.2) is 6.07 Å². The largest absolute Gasteiger partial charge is 0.506 e. The molecule has 8 nitrogen and oxygen atoms in total. The minimum absolute atomic E-state index is 0.00268. The number of carbonyl (C=O) groups is 1. The number of anilines is 2. The molecule has 1 saturated heterocycles. The van der Waals surface area contributed by atoms with Crippen LogP contribution < -0.4 is 19.7 Å². The lowest BCUT2D eigenvalue weighted by molar-refractivity contribution is -0.117. The summed E-state index contributed by atoms with van der Waals surface area (Å²) in [6, 6.07) is 1.14. The Labute approximate surface area is 141 Å². The Morgan fingerprint density at radius 2 is 2.16 bits per heavy atom. The molecule has 0 saturated carbocycles. The average molecular weight is 380 g/mol. The minimum Gasteiger partial charge on any atom is -0.506 e. The number of benzene rings is 1. The summed E-state index contributed by atoms with van der Waals surface area (Å²) in [7, 11) is -4.27. The molecule has 0 radical (unpaired) electrons. The SMILES string of the molecule is O=C1CN(c2c(O)cc3c(c2F)C[C@H](NCCC(F)F)N3)S(=O)(=O)N1. The van der Waals surface area contributed by atoms with Crippen molar-refractivity contribution in [2.75, 3.05) is 22.7 Å². The third-order valence-corrected chi connectivity index (χ3v) is 5.26. The summed E-state index contributed by atoms with van der Waals surface area (Å²) in [5, 5.41) is 15.6. The van der Waals surface area contributed by atoms with Crippen molar-refractivity contribution in [1.82, 2.24) is 10.0 Å². The van der Waals surface area contributed by atoms with Gasteiger partial charge in [-0.05, 0) is 0 Å². The maximum atomic E-state index is 14.8. The number of aromatic hydroxyl groups is 1. The second-order valence-corrected chi connectivity index (χ2v) is 7.25. The number of hydrogen-bond acceptors (Lipinski definition) is 6. The summed E-state index contributed by atoms with van der Waals surface area (Å²) < 4.78 is 65.0. The van der Waals surface area contributed by atoms with E-state index in [1.807, 2.05) is 0 Å². The van der Waals surface area contributed by atoms with Crippen LogP contribution in [0.1, 0.15) is 12.0 Å². The van der Waals surface area contributed by atoms with Crippen LogP contribution in [0.4, 0.5) is 24.5 Å². The van der Waals surface area contributed by atoms with Gasteiger partial charge in [0.2, 0.25) is 6.43 Å². The average Bonchev–Trinajstić information content (AvgIpc) is 2.99. The van der Waals surface area contributed by atoms with Crippen molar-refractivity contribution in [3.63, 3.8) is 0 Å². The van der Waals surface area contributed by atoms with Crippen LogP contribution in [-0.2, 0) is 21.4 Å². The van der Waals surface area contributed by atoms with Crippen LogP contribution in [0.2, 0.25) is 0 Å². The van der Waals surface area contributed by atoms with E-state index < -0.39 is 52.5 Å². The number of alkyl halides is 2. The van der Waals surface area contributed by atoms with Crippen molar-refractivity contribution in [3.05, 3.63) is 17.4 Å². The molecule has 2 heterocycles. The maximum Gasteiger partial charge on any atom is 0.326 e. The number of rotatable bonds is 5. The van der Waals surface area contributed by atoms with E-state index in [0.717, 1.165) is 6.07 Å². The van der Waals surface area contributed by atoms with Crippen LogP contribution in [-0.4, -0.2) is 45.1 Å². The van der Waals surface area contributed by atoms with Crippen molar-refractivity contribution >= 4 is 27.5 Å². The topological polar surface area (TPSA) is 111 Å². The fourth-order valence-corrected chi connectivity index (χ4v) is 3.97. The Kier molecular flexibility index (Phi) is 4.41. The molecule has 1 aromatic carbocycles. The first kappa shape index (κ1) is 17.6.